The number of carbonyl (C=O) groups is 3. The number of aliphatic hydroxyl groups excluding tert-OH is 8. The van der Waals surface area contributed by atoms with Crippen molar-refractivity contribution in [1.29, 1.82) is 0 Å². The lowest BCUT2D eigenvalue weighted by Crippen LogP contribution is -2.53. The monoisotopic (exact) mass is 694 g/mol. The lowest BCUT2D eigenvalue weighted by molar-refractivity contribution is -0.129. The SMILES string of the molecule is CC(=O)N[C@@H](C=O)[C@@H](O)[C@@H](O)[C@H](O)CO.N[C@@H](C=O)[C@@H](O)[C@@H](O)[C@H](O)CO.O=S(=O)(O)O.O=S(=O)(O)O.O=S(=O)(O)O. The van der Waals surface area contributed by atoms with E-state index in [4.69, 9.17) is 88.9 Å². The molecule has 0 rings (SSSR count). The van der Waals surface area contributed by atoms with Crippen LogP contribution in [0.25, 0.3) is 0 Å². The van der Waals surface area contributed by atoms with E-state index in [1.807, 2.05) is 0 Å². The fourth-order valence-electron chi connectivity index (χ4n) is 1.63. The van der Waals surface area contributed by atoms with Gasteiger partial charge in [-0.15, -0.1) is 0 Å². The molecule has 0 unspecified atom stereocenters. The molecule has 0 aromatic carbocycles. The number of nitrogens with one attached hydrogen (secondary N) is 1. The molecule has 0 aromatic heterocycles. The lowest BCUT2D eigenvalue weighted by atomic mass is 10.0. The molecule has 25 nitrogen and oxygen atoms in total. The van der Waals surface area contributed by atoms with Crippen molar-refractivity contribution in [2.24, 2.45) is 5.73 Å². The first kappa shape index (κ1) is 49.7. The van der Waals surface area contributed by atoms with Gasteiger partial charge in [-0.2, -0.15) is 25.3 Å². The van der Waals surface area contributed by atoms with Gasteiger partial charge < -0.3 is 61.5 Å². The minimum absolute atomic E-state index is 0.235. The van der Waals surface area contributed by atoms with Crippen molar-refractivity contribution in [3.63, 3.8) is 0 Å². The van der Waals surface area contributed by atoms with Crippen LogP contribution < -0.4 is 11.1 Å². The Hall–Kier alpha value is -1.94. The van der Waals surface area contributed by atoms with Crippen molar-refractivity contribution in [1.82, 2.24) is 5.32 Å². The normalized spacial score (nSPS) is 16.9. The summed E-state index contributed by atoms with van der Waals surface area (Å²) in [5, 5.41) is 73.3. The molecule has 0 spiro atoms. The Bertz CT molecular complexity index is 955. The smallest absolute Gasteiger partial charge is 0.394 e. The third-order valence-corrected chi connectivity index (χ3v) is 3.30. The molecule has 0 bridgehead atoms. The number of aliphatic hydroxyl groups is 8. The summed E-state index contributed by atoms with van der Waals surface area (Å²) in [5.41, 5.74) is 5.04. The summed E-state index contributed by atoms with van der Waals surface area (Å²) < 4.78 is 94.8. The maximum Gasteiger partial charge on any atom is 0.394 e. The van der Waals surface area contributed by atoms with Crippen LogP contribution in [0.3, 0.4) is 0 Å². The van der Waals surface area contributed by atoms with Crippen LogP contribution in [-0.2, 0) is 45.6 Å². The van der Waals surface area contributed by atoms with Gasteiger partial charge in [0.05, 0.1) is 19.3 Å². The summed E-state index contributed by atoms with van der Waals surface area (Å²) in [6.45, 7) is -0.328. The number of hydrogen-bond donors (Lipinski definition) is 16. The first-order valence-electron chi connectivity index (χ1n) is 9.81. The van der Waals surface area contributed by atoms with Crippen LogP contribution in [0.15, 0.2) is 0 Å². The molecule has 1 amide bonds. The van der Waals surface area contributed by atoms with Crippen molar-refractivity contribution >= 4 is 49.7 Å². The largest absolute Gasteiger partial charge is 0.394 e. The van der Waals surface area contributed by atoms with Gasteiger partial charge in [0.15, 0.2) is 0 Å². The van der Waals surface area contributed by atoms with Gasteiger partial charge in [-0.3, -0.25) is 32.1 Å². The number of nitrogens with two attached hydrogens (primary N) is 1. The number of rotatable bonds is 11. The molecule has 0 aromatic rings. The van der Waals surface area contributed by atoms with Crippen LogP contribution in [0.5, 0.6) is 0 Å². The third kappa shape index (κ3) is 45.1. The first-order valence-corrected chi connectivity index (χ1v) is 14.0. The Morgan fingerprint density at radius 2 is 0.905 bits per heavy atom. The molecule has 8 atom stereocenters. The fourth-order valence-corrected chi connectivity index (χ4v) is 1.63. The highest BCUT2D eigenvalue weighted by molar-refractivity contribution is 7.80. The van der Waals surface area contributed by atoms with Gasteiger partial charge >= 0.3 is 31.2 Å². The second-order valence-corrected chi connectivity index (χ2v) is 9.57. The van der Waals surface area contributed by atoms with E-state index in [1.54, 1.807) is 0 Å². The highest BCUT2D eigenvalue weighted by Crippen LogP contribution is 2.04. The second-order valence-electron chi connectivity index (χ2n) is 6.88. The summed E-state index contributed by atoms with van der Waals surface area (Å²) >= 11 is 0. The Labute approximate surface area is 237 Å². The van der Waals surface area contributed by atoms with Crippen LogP contribution in [0.4, 0.5) is 0 Å². The van der Waals surface area contributed by atoms with Gasteiger partial charge in [-0.05, 0) is 0 Å². The molecule has 0 aliphatic carbocycles. The summed E-state index contributed by atoms with van der Waals surface area (Å²) in [6.07, 6.45) is -9.15. The molecule has 42 heavy (non-hydrogen) atoms. The Morgan fingerprint density at radius 3 is 1.10 bits per heavy atom. The van der Waals surface area contributed by atoms with Gasteiger partial charge in [0.25, 0.3) is 0 Å². The van der Waals surface area contributed by atoms with E-state index >= 15 is 0 Å². The van der Waals surface area contributed by atoms with Gasteiger partial charge in [-0.25, -0.2) is 0 Å². The number of carbonyl (C=O) groups excluding carboxylic acids is 3. The van der Waals surface area contributed by atoms with Crippen molar-refractivity contribution in [2.75, 3.05) is 13.2 Å². The summed E-state index contributed by atoms with van der Waals surface area (Å²) in [6, 6.07) is -2.58. The zero-order chi connectivity index (χ0) is 35.2. The molecule has 0 radical (unpaired) electrons. The molecule has 0 saturated carbocycles. The maximum absolute atomic E-state index is 10.6. The fraction of sp³-hybridized carbons (Fsp3) is 0.786. The highest BCUT2D eigenvalue weighted by Gasteiger charge is 2.31. The number of amides is 1. The van der Waals surface area contributed by atoms with E-state index in [9.17, 15) is 24.6 Å². The zero-order valence-electron chi connectivity index (χ0n) is 20.9. The topological polar surface area (TPSA) is 475 Å². The molecular formula is C14H34N2O23S3. The van der Waals surface area contributed by atoms with E-state index in [0.717, 1.165) is 6.92 Å². The molecule has 0 heterocycles. The number of aldehydes is 2. The van der Waals surface area contributed by atoms with Crippen molar-refractivity contribution < 1.29 is 108 Å². The quantitative estimate of drug-likeness (QED) is 0.0705. The summed E-state index contributed by atoms with van der Waals surface area (Å²) in [4.78, 5) is 31.1. The minimum atomic E-state index is -4.67. The summed E-state index contributed by atoms with van der Waals surface area (Å²) in [5.74, 6) is -0.558. The van der Waals surface area contributed by atoms with Gasteiger partial charge in [0.2, 0.25) is 5.91 Å². The van der Waals surface area contributed by atoms with E-state index in [2.05, 4.69) is 5.32 Å². The van der Waals surface area contributed by atoms with E-state index in [1.165, 1.54) is 0 Å². The van der Waals surface area contributed by atoms with Crippen molar-refractivity contribution in [2.45, 2.75) is 55.6 Å². The molecule has 0 aliphatic rings. The molecule has 0 saturated heterocycles. The van der Waals surface area contributed by atoms with Gasteiger partial charge in [-0.1, -0.05) is 0 Å². The maximum atomic E-state index is 10.6. The molecule has 0 aliphatic heterocycles. The lowest BCUT2D eigenvalue weighted by Gasteiger charge is -2.25. The average Bonchev–Trinajstić information content (AvgIpc) is 2.80. The van der Waals surface area contributed by atoms with Gasteiger partial charge in [0.1, 0.15) is 55.2 Å². The molecular weight excluding hydrogens is 660 g/mol. The Kier molecular flexibility index (Phi) is 29.0. The van der Waals surface area contributed by atoms with E-state index in [-0.39, 0.29) is 12.6 Å². The zero-order valence-corrected chi connectivity index (χ0v) is 23.4. The number of hydrogen-bond acceptors (Lipinski definition) is 18. The average molecular weight is 695 g/mol. The van der Waals surface area contributed by atoms with Crippen LogP contribution in [-0.4, -0.2) is 174 Å². The standard InChI is InChI=1S/C8H15NO6.C6H13NO5.3H2O4S/c1-4(12)9-5(2-10)7(14)8(15)6(13)3-11;7-3(1-8)5(11)6(12)4(10)2-9;3*1-5(2,3)4/h2,5-8,11,13-15H,3H2,1H3,(H,9,12);1,3-6,9-12H,2,7H2;3*(H2,1,2,3,4)/t5-,6+,7+,8-;3-,4+,5+,6-;;;/m00.../s1. The Morgan fingerprint density at radius 1 is 0.643 bits per heavy atom. The first-order chi connectivity index (χ1) is 18.5. The van der Waals surface area contributed by atoms with Crippen LogP contribution in [0.2, 0.25) is 0 Å². The van der Waals surface area contributed by atoms with E-state index in [0.29, 0.717) is 0 Å². The minimum Gasteiger partial charge on any atom is -0.394 e. The van der Waals surface area contributed by atoms with Crippen LogP contribution in [0.1, 0.15) is 6.92 Å². The third-order valence-electron chi connectivity index (χ3n) is 3.30. The van der Waals surface area contributed by atoms with Gasteiger partial charge in [0, 0.05) is 6.92 Å². The second kappa shape index (κ2) is 24.5. The van der Waals surface area contributed by atoms with Crippen molar-refractivity contribution in [3.05, 3.63) is 0 Å². The van der Waals surface area contributed by atoms with E-state index < -0.39 is 99.0 Å². The molecule has 256 valence electrons. The molecule has 17 N–H and O–H groups in total. The highest BCUT2D eigenvalue weighted by atomic mass is 32.3. The van der Waals surface area contributed by atoms with Crippen LogP contribution in [0, 0.1) is 0 Å². The summed E-state index contributed by atoms with van der Waals surface area (Å²) in [7, 11) is -14.0. The molecule has 28 heteroatoms. The predicted molar refractivity (Wildman–Crippen MR) is 130 cm³/mol. The molecule has 0 fully saturated rings. The van der Waals surface area contributed by atoms with Crippen molar-refractivity contribution in [3.8, 4) is 0 Å². The van der Waals surface area contributed by atoms with Crippen LogP contribution >= 0.6 is 0 Å². The predicted octanol–water partition coefficient (Wildman–Crippen LogP) is -8.61. The Balaban J connectivity index is -0.000000149.